The first-order valence-electron chi connectivity index (χ1n) is 6.69. The molecule has 7 heteroatoms. The summed E-state index contributed by atoms with van der Waals surface area (Å²) in [7, 11) is 3.43. The van der Waals surface area contributed by atoms with Gasteiger partial charge >= 0.3 is 5.69 Å². The van der Waals surface area contributed by atoms with Crippen LogP contribution < -0.4 is 17.0 Å². The van der Waals surface area contributed by atoms with E-state index in [1.165, 1.54) is 9.13 Å². The Morgan fingerprint density at radius 2 is 1.75 bits per heavy atom. The van der Waals surface area contributed by atoms with Crippen LogP contribution >= 0.6 is 0 Å². The van der Waals surface area contributed by atoms with Crippen LogP contribution in [-0.2, 0) is 14.1 Å². The molecule has 0 aliphatic rings. The molecule has 1 unspecified atom stereocenters. The van der Waals surface area contributed by atoms with Crippen molar-refractivity contribution in [3.05, 3.63) is 26.7 Å². The van der Waals surface area contributed by atoms with Gasteiger partial charge in [-0.1, -0.05) is 13.8 Å². The van der Waals surface area contributed by atoms with E-state index in [2.05, 4.69) is 4.98 Å². The maximum atomic E-state index is 12.6. The fourth-order valence-corrected chi connectivity index (χ4v) is 2.44. The molecule has 0 aliphatic heterocycles. The molecular formula is C13H21N5O2. The van der Waals surface area contributed by atoms with E-state index >= 15 is 0 Å². The highest BCUT2D eigenvalue weighted by atomic mass is 16.2. The maximum absolute atomic E-state index is 12.6. The van der Waals surface area contributed by atoms with Gasteiger partial charge in [-0.2, -0.15) is 0 Å². The van der Waals surface area contributed by atoms with Crippen LogP contribution in [0.4, 0.5) is 0 Å². The number of aromatic nitrogens is 4. The Morgan fingerprint density at radius 1 is 1.15 bits per heavy atom. The molecule has 0 amide bonds. The predicted molar refractivity (Wildman–Crippen MR) is 78.1 cm³/mol. The minimum Gasteiger partial charge on any atom is -0.328 e. The highest BCUT2D eigenvalue weighted by Gasteiger charge is 2.21. The van der Waals surface area contributed by atoms with Gasteiger partial charge in [0.2, 0.25) is 0 Å². The molecule has 2 heterocycles. The van der Waals surface area contributed by atoms with Crippen molar-refractivity contribution in [2.75, 3.05) is 6.54 Å². The van der Waals surface area contributed by atoms with Crippen molar-refractivity contribution < 1.29 is 0 Å². The molecule has 0 radical (unpaired) electrons. The summed E-state index contributed by atoms with van der Waals surface area (Å²) in [6.45, 7) is 5.99. The molecule has 0 aromatic carbocycles. The van der Waals surface area contributed by atoms with E-state index in [0.717, 1.165) is 5.82 Å². The summed E-state index contributed by atoms with van der Waals surface area (Å²) in [5.41, 5.74) is 5.75. The van der Waals surface area contributed by atoms with Gasteiger partial charge in [0.15, 0.2) is 11.2 Å². The predicted octanol–water partition coefficient (Wildman–Crippen LogP) is 0.0768. The van der Waals surface area contributed by atoms with E-state index in [9.17, 15) is 9.59 Å². The first-order valence-corrected chi connectivity index (χ1v) is 6.69. The van der Waals surface area contributed by atoms with Crippen molar-refractivity contribution in [1.82, 2.24) is 18.7 Å². The Labute approximate surface area is 116 Å². The van der Waals surface area contributed by atoms with Crippen molar-refractivity contribution in [3.63, 3.8) is 0 Å². The molecule has 0 bridgehead atoms. The average Bonchev–Trinajstić information content (AvgIpc) is 2.74. The van der Waals surface area contributed by atoms with Gasteiger partial charge < -0.3 is 10.3 Å². The number of hydrogen-bond donors (Lipinski definition) is 1. The van der Waals surface area contributed by atoms with E-state index in [1.807, 2.05) is 13.8 Å². The first kappa shape index (κ1) is 14.5. The van der Waals surface area contributed by atoms with Gasteiger partial charge in [0.1, 0.15) is 5.82 Å². The van der Waals surface area contributed by atoms with E-state index in [0.29, 0.717) is 11.2 Å². The van der Waals surface area contributed by atoms with Gasteiger partial charge in [-0.3, -0.25) is 13.9 Å². The largest absolute Gasteiger partial charge is 0.332 e. The van der Waals surface area contributed by atoms with Crippen molar-refractivity contribution in [2.45, 2.75) is 32.7 Å². The lowest BCUT2D eigenvalue weighted by Crippen LogP contribution is -2.43. The second kappa shape index (κ2) is 4.90. The van der Waals surface area contributed by atoms with Crippen LogP contribution in [0.15, 0.2) is 9.59 Å². The fraction of sp³-hybridized carbons (Fsp3) is 0.615. The third-order valence-corrected chi connectivity index (χ3v) is 3.64. The second-order valence-electron chi connectivity index (χ2n) is 5.46. The van der Waals surface area contributed by atoms with Crippen LogP contribution in [0.1, 0.15) is 38.6 Å². The molecule has 2 N–H and O–H groups in total. The Hall–Kier alpha value is -1.89. The number of hydrogen-bond acceptors (Lipinski definition) is 4. The highest BCUT2D eigenvalue weighted by molar-refractivity contribution is 5.71. The Balaban J connectivity index is 2.99. The van der Waals surface area contributed by atoms with Gasteiger partial charge in [0.25, 0.3) is 5.56 Å². The van der Waals surface area contributed by atoms with Crippen LogP contribution in [-0.4, -0.2) is 25.2 Å². The zero-order valence-electron chi connectivity index (χ0n) is 12.5. The van der Waals surface area contributed by atoms with E-state index in [1.54, 1.807) is 25.6 Å². The number of imidazole rings is 1. The van der Waals surface area contributed by atoms with Crippen molar-refractivity contribution in [1.29, 1.82) is 0 Å². The summed E-state index contributed by atoms with van der Waals surface area (Å²) in [5.74, 6) is 0.951. The molecule has 7 nitrogen and oxygen atoms in total. The van der Waals surface area contributed by atoms with Crippen molar-refractivity contribution in [2.24, 2.45) is 19.8 Å². The smallest absolute Gasteiger partial charge is 0.328 e. The standard InChI is InChI=1S/C13H21N5O2/c1-7(2)10-15-11-9(16(10)4)12(19)18(8(3)6-14)13(20)17(11)5/h7-8H,6,14H2,1-5H3. The Kier molecular flexibility index (Phi) is 3.56. The summed E-state index contributed by atoms with van der Waals surface area (Å²) in [4.78, 5) is 29.3. The number of fused-ring (bicyclic) bond motifs is 1. The molecule has 2 aromatic heterocycles. The van der Waals surface area contributed by atoms with Crippen molar-refractivity contribution >= 4 is 11.2 Å². The molecule has 0 fully saturated rings. The Morgan fingerprint density at radius 3 is 2.25 bits per heavy atom. The van der Waals surface area contributed by atoms with Gasteiger partial charge in [0, 0.05) is 26.6 Å². The van der Waals surface area contributed by atoms with Gasteiger partial charge in [-0.15, -0.1) is 0 Å². The van der Waals surface area contributed by atoms with E-state index in [4.69, 9.17) is 5.73 Å². The summed E-state index contributed by atoms with van der Waals surface area (Å²) in [6, 6.07) is -0.344. The van der Waals surface area contributed by atoms with E-state index < -0.39 is 0 Å². The summed E-state index contributed by atoms with van der Waals surface area (Å²) < 4.78 is 4.38. The zero-order valence-corrected chi connectivity index (χ0v) is 12.5. The van der Waals surface area contributed by atoms with Crippen LogP contribution in [0, 0.1) is 0 Å². The molecule has 0 saturated heterocycles. The average molecular weight is 279 g/mol. The van der Waals surface area contributed by atoms with Gasteiger partial charge in [0.05, 0.1) is 6.04 Å². The summed E-state index contributed by atoms with van der Waals surface area (Å²) >= 11 is 0. The normalized spacial score (nSPS) is 13.3. The number of rotatable bonds is 3. The number of aryl methyl sites for hydroxylation is 2. The molecule has 1 atom stereocenters. The lowest BCUT2D eigenvalue weighted by atomic mass is 10.2. The molecule has 110 valence electrons. The quantitative estimate of drug-likeness (QED) is 0.861. The second-order valence-corrected chi connectivity index (χ2v) is 5.46. The lowest BCUT2D eigenvalue weighted by molar-refractivity contribution is 0.501. The summed E-state index contributed by atoms with van der Waals surface area (Å²) in [6.07, 6.45) is 0. The molecule has 0 spiro atoms. The molecular weight excluding hydrogens is 258 g/mol. The molecule has 0 saturated carbocycles. The van der Waals surface area contributed by atoms with Gasteiger partial charge in [-0.05, 0) is 6.92 Å². The fourth-order valence-electron chi connectivity index (χ4n) is 2.44. The number of nitrogens with zero attached hydrogens (tertiary/aromatic N) is 4. The van der Waals surface area contributed by atoms with Gasteiger partial charge in [-0.25, -0.2) is 9.78 Å². The highest BCUT2D eigenvalue weighted by Crippen LogP contribution is 2.17. The van der Waals surface area contributed by atoms with E-state index in [-0.39, 0.29) is 29.8 Å². The summed E-state index contributed by atoms with van der Waals surface area (Å²) in [5, 5.41) is 0. The van der Waals surface area contributed by atoms with Crippen molar-refractivity contribution in [3.8, 4) is 0 Å². The monoisotopic (exact) mass is 279 g/mol. The lowest BCUT2D eigenvalue weighted by Gasteiger charge is -2.13. The maximum Gasteiger partial charge on any atom is 0.332 e. The minimum atomic E-state index is -0.381. The zero-order chi connectivity index (χ0) is 15.2. The third-order valence-electron chi connectivity index (χ3n) is 3.64. The van der Waals surface area contributed by atoms with Crippen LogP contribution in [0.2, 0.25) is 0 Å². The van der Waals surface area contributed by atoms with Crippen LogP contribution in [0.5, 0.6) is 0 Å². The SMILES string of the molecule is CC(C)c1nc2c(c(=O)n(C(C)CN)c(=O)n2C)n1C. The van der Waals surface area contributed by atoms with Crippen LogP contribution in [0.3, 0.4) is 0 Å². The third kappa shape index (κ3) is 1.89. The first-order chi connectivity index (χ1) is 9.31. The minimum absolute atomic E-state index is 0.169. The van der Waals surface area contributed by atoms with Crippen LogP contribution in [0.25, 0.3) is 11.2 Å². The molecule has 20 heavy (non-hydrogen) atoms. The number of nitrogens with two attached hydrogens (primary N) is 1. The topological polar surface area (TPSA) is 87.8 Å². The molecule has 0 aliphatic carbocycles. The molecule has 2 aromatic rings. The molecule has 2 rings (SSSR count). The Bertz CT molecular complexity index is 766.